The van der Waals surface area contributed by atoms with Gasteiger partial charge in [0, 0.05) is 0 Å². The molecule has 2 N–H and O–H groups in total. The third kappa shape index (κ3) is 1.93. The number of nitrogens with zero attached hydrogens (tertiary/aromatic N) is 2. The van der Waals surface area contributed by atoms with Crippen molar-refractivity contribution < 1.29 is 4.42 Å². The molecular weight excluding hydrogens is 346 g/mol. The summed E-state index contributed by atoms with van der Waals surface area (Å²) < 4.78 is 7.00. The molecule has 2 rings (SSSR count). The first-order valence-corrected chi connectivity index (χ1v) is 6.13. The van der Waals surface area contributed by atoms with E-state index in [2.05, 4.69) is 36.8 Å². The number of hydrogen-bond acceptors (Lipinski definition) is 5. The Bertz CT molecular complexity index is 555. The zero-order valence-electron chi connectivity index (χ0n) is 7.12. The van der Waals surface area contributed by atoms with Crippen LogP contribution in [0.15, 0.2) is 18.1 Å². The smallest absolute Gasteiger partial charge is 0.232 e. The molecule has 2 heterocycles. The average Bonchev–Trinajstić information content (AvgIpc) is 2.69. The topological polar surface area (TPSA) is 75.8 Å². The summed E-state index contributed by atoms with van der Waals surface area (Å²) >= 11 is 8.22. The van der Waals surface area contributed by atoms with Crippen molar-refractivity contribution in [2.24, 2.45) is 0 Å². The van der Waals surface area contributed by atoms with Gasteiger partial charge in [-0.15, -0.1) is 11.3 Å². The molecular formula is C8H3Br2N3OS. The summed E-state index contributed by atoms with van der Waals surface area (Å²) in [6.45, 7) is 0. The lowest BCUT2D eigenvalue weighted by Crippen LogP contribution is -1.84. The van der Waals surface area contributed by atoms with Crippen LogP contribution < -0.4 is 5.73 Å². The van der Waals surface area contributed by atoms with Crippen molar-refractivity contribution >= 4 is 49.1 Å². The van der Waals surface area contributed by atoms with E-state index in [4.69, 9.17) is 15.4 Å². The normalized spacial score (nSPS) is 10.2. The van der Waals surface area contributed by atoms with Crippen LogP contribution in [0.2, 0.25) is 0 Å². The molecule has 7 heteroatoms. The number of thiophene rings is 1. The van der Waals surface area contributed by atoms with Crippen LogP contribution in [0.3, 0.4) is 0 Å². The second-order valence-corrected chi connectivity index (χ2v) is 6.33. The molecule has 0 saturated heterocycles. The molecule has 0 amide bonds. The van der Waals surface area contributed by atoms with E-state index < -0.39 is 0 Å². The van der Waals surface area contributed by atoms with Crippen molar-refractivity contribution in [3.05, 3.63) is 19.3 Å². The molecule has 0 aliphatic heterocycles. The Hall–Kier alpha value is -0.840. The molecule has 0 aromatic carbocycles. The summed E-state index contributed by atoms with van der Waals surface area (Å²) in [6, 6.07) is 3.71. The van der Waals surface area contributed by atoms with Gasteiger partial charge in [-0.3, -0.25) is 0 Å². The second-order valence-electron chi connectivity index (χ2n) is 2.58. The fraction of sp³-hybridized carbons (Fsp3) is 0. The first kappa shape index (κ1) is 10.7. The summed E-state index contributed by atoms with van der Waals surface area (Å²) in [5, 5.41) is 8.68. The highest BCUT2D eigenvalue weighted by Gasteiger charge is 2.16. The van der Waals surface area contributed by atoms with Gasteiger partial charge in [-0.05, 0) is 37.9 Å². The highest BCUT2D eigenvalue weighted by Crippen LogP contribution is 2.38. The van der Waals surface area contributed by atoms with E-state index in [1.54, 1.807) is 0 Å². The van der Waals surface area contributed by atoms with Crippen molar-refractivity contribution in [3.8, 4) is 17.5 Å². The van der Waals surface area contributed by atoms with Crippen molar-refractivity contribution in [2.45, 2.75) is 0 Å². The Kier molecular flexibility index (Phi) is 2.82. The first-order valence-electron chi connectivity index (χ1n) is 3.73. The molecule has 0 radical (unpaired) electrons. The fourth-order valence-corrected chi connectivity index (χ4v) is 3.79. The molecule has 15 heavy (non-hydrogen) atoms. The van der Waals surface area contributed by atoms with E-state index >= 15 is 0 Å². The number of nitrogen functional groups attached to an aromatic ring is 1. The highest BCUT2D eigenvalue weighted by atomic mass is 79.9. The number of nitrogens with two attached hydrogens (primary N) is 1. The summed E-state index contributed by atoms with van der Waals surface area (Å²) in [7, 11) is 0. The van der Waals surface area contributed by atoms with Crippen LogP contribution in [-0.2, 0) is 0 Å². The SMILES string of the molecule is N#Cc1nc(-c2cc(Br)sc2Br)oc1N. The minimum Gasteiger partial charge on any atom is -0.419 e. The predicted octanol–water partition coefficient (Wildman–Crippen LogP) is 3.38. The molecule has 0 aliphatic rings. The number of aromatic nitrogens is 1. The molecule has 0 unspecified atom stereocenters. The lowest BCUT2D eigenvalue weighted by molar-refractivity contribution is 0.593. The standard InChI is InChI=1S/C8H3Br2N3OS/c9-5-1-3(6(10)15-5)8-13-4(2-11)7(12)14-8/h1H,12H2. The average molecular weight is 349 g/mol. The van der Waals surface area contributed by atoms with Crippen molar-refractivity contribution in [3.63, 3.8) is 0 Å². The third-order valence-corrected chi connectivity index (χ3v) is 3.99. The summed E-state index contributed by atoms with van der Waals surface area (Å²) in [5.74, 6) is 0.389. The number of hydrogen-bond donors (Lipinski definition) is 1. The first-order chi connectivity index (χ1) is 7.11. The van der Waals surface area contributed by atoms with E-state index in [9.17, 15) is 0 Å². The van der Waals surface area contributed by atoms with Crippen LogP contribution >= 0.6 is 43.2 Å². The lowest BCUT2D eigenvalue weighted by Gasteiger charge is -1.88. The minimum atomic E-state index is 0.0433. The summed E-state index contributed by atoms with van der Waals surface area (Å²) in [5.41, 5.74) is 6.36. The lowest BCUT2D eigenvalue weighted by atomic mass is 10.3. The van der Waals surface area contributed by atoms with Gasteiger partial charge in [0.15, 0.2) is 0 Å². The number of anilines is 1. The van der Waals surface area contributed by atoms with Gasteiger partial charge in [0.2, 0.25) is 17.5 Å². The maximum atomic E-state index is 8.68. The molecule has 0 bridgehead atoms. The Morgan fingerprint density at radius 1 is 1.53 bits per heavy atom. The van der Waals surface area contributed by atoms with E-state index in [1.807, 2.05) is 12.1 Å². The number of oxazole rings is 1. The molecule has 4 nitrogen and oxygen atoms in total. The quantitative estimate of drug-likeness (QED) is 0.857. The zero-order chi connectivity index (χ0) is 11.0. The zero-order valence-corrected chi connectivity index (χ0v) is 11.1. The molecule has 0 atom stereocenters. The molecule has 0 saturated carbocycles. The van der Waals surface area contributed by atoms with E-state index in [0.717, 1.165) is 13.1 Å². The van der Waals surface area contributed by atoms with Gasteiger partial charge in [-0.2, -0.15) is 10.2 Å². The van der Waals surface area contributed by atoms with Crippen LogP contribution in [-0.4, -0.2) is 4.98 Å². The number of halogens is 2. The minimum absolute atomic E-state index is 0.0433. The summed E-state index contributed by atoms with van der Waals surface area (Å²) in [4.78, 5) is 3.98. The van der Waals surface area contributed by atoms with Gasteiger partial charge < -0.3 is 10.2 Å². The van der Waals surface area contributed by atoms with Crippen molar-refractivity contribution in [1.29, 1.82) is 5.26 Å². The summed E-state index contributed by atoms with van der Waals surface area (Å²) in [6.07, 6.45) is 0. The van der Waals surface area contributed by atoms with Gasteiger partial charge in [-0.25, -0.2) is 0 Å². The molecule has 2 aromatic heterocycles. The molecule has 0 spiro atoms. The van der Waals surface area contributed by atoms with Crippen LogP contribution in [0.5, 0.6) is 0 Å². The van der Waals surface area contributed by atoms with Gasteiger partial charge in [-0.1, -0.05) is 0 Å². The third-order valence-electron chi connectivity index (χ3n) is 1.65. The van der Waals surface area contributed by atoms with Gasteiger partial charge in [0.05, 0.1) is 13.1 Å². The van der Waals surface area contributed by atoms with Crippen LogP contribution in [0.25, 0.3) is 11.5 Å². The van der Waals surface area contributed by atoms with Crippen molar-refractivity contribution in [2.75, 3.05) is 5.73 Å². The highest BCUT2D eigenvalue weighted by molar-refractivity contribution is 9.12. The van der Waals surface area contributed by atoms with Crippen LogP contribution in [0.1, 0.15) is 5.69 Å². The number of rotatable bonds is 1. The van der Waals surface area contributed by atoms with Crippen LogP contribution in [0, 0.1) is 11.3 Å². The largest absolute Gasteiger partial charge is 0.419 e. The maximum absolute atomic E-state index is 8.68. The number of nitriles is 1. The Labute approximate surface area is 106 Å². The second kappa shape index (κ2) is 3.96. The van der Waals surface area contributed by atoms with E-state index in [0.29, 0.717) is 5.89 Å². The predicted molar refractivity (Wildman–Crippen MR) is 64.3 cm³/mol. The molecule has 0 fully saturated rings. The Balaban J connectivity index is 2.55. The van der Waals surface area contributed by atoms with E-state index in [1.165, 1.54) is 11.3 Å². The molecule has 2 aromatic rings. The van der Waals surface area contributed by atoms with Crippen LogP contribution in [0.4, 0.5) is 5.88 Å². The Morgan fingerprint density at radius 2 is 2.27 bits per heavy atom. The van der Waals surface area contributed by atoms with Gasteiger partial charge in [0.25, 0.3) is 0 Å². The van der Waals surface area contributed by atoms with Gasteiger partial charge in [0.1, 0.15) is 6.07 Å². The monoisotopic (exact) mass is 347 g/mol. The van der Waals surface area contributed by atoms with E-state index in [-0.39, 0.29) is 11.6 Å². The molecule has 0 aliphatic carbocycles. The molecule has 76 valence electrons. The maximum Gasteiger partial charge on any atom is 0.232 e. The van der Waals surface area contributed by atoms with Gasteiger partial charge >= 0.3 is 0 Å². The fourth-order valence-electron chi connectivity index (χ4n) is 1.01. The van der Waals surface area contributed by atoms with Crippen molar-refractivity contribution in [1.82, 2.24) is 4.98 Å². The Morgan fingerprint density at radius 3 is 2.73 bits per heavy atom.